The molecule has 1 aliphatic carbocycles. The maximum atomic E-state index is 6.26. The molecule has 1 atom stereocenters. The van der Waals surface area contributed by atoms with Gasteiger partial charge in [-0.05, 0) is 67.1 Å². The Hall–Kier alpha value is -1.51. The molecule has 0 radical (unpaired) electrons. The van der Waals surface area contributed by atoms with E-state index in [0.717, 1.165) is 17.7 Å². The van der Waals surface area contributed by atoms with Gasteiger partial charge in [0, 0.05) is 6.04 Å². The minimum Gasteiger partial charge on any atom is -0.456 e. The van der Waals surface area contributed by atoms with Crippen LogP contribution in [0.1, 0.15) is 36.1 Å². The Balaban J connectivity index is 1.84. The van der Waals surface area contributed by atoms with Crippen LogP contribution in [-0.2, 0) is 12.8 Å². The molecule has 20 heavy (non-hydrogen) atoms. The molecule has 2 N–H and O–H groups in total. The van der Waals surface area contributed by atoms with Gasteiger partial charge in [0.25, 0.3) is 0 Å². The molecule has 0 spiro atoms. The molecule has 0 bridgehead atoms. The molecule has 3 heteroatoms. The number of aryl methyl sites for hydroxylation is 2. The Morgan fingerprint density at radius 3 is 2.65 bits per heavy atom. The van der Waals surface area contributed by atoms with Gasteiger partial charge in [-0.25, -0.2) is 0 Å². The van der Waals surface area contributed by atoms with Crippen LogP contribution < -0.4 is 10.5 Å². The molecule has 104 valence electrons. The van der Waals surface area contributed by atoms with Crippen LogP contribution in [0.3, 0.4) is 0 Å². The molecular formula is C17H18ClNO. The largest absolute Gasteiger partial charge is 0.456 e. The third-order valence-electron chi connectivity index (χ3n) is 3.78. The number of nitrogens with two attached hydrogens (primary N) is 1. The summed E-state index contributed by atoms with van der Waals surface area (Å²) in [5.41, 5.74) is 9.69. The molecule has 0 saturated heterocycles. The fraction of sp³-hybridized carbons (Fsp3) is 0.294. The van der Waals surface area contributed by atoms with Crippen molar-refractivity contribution >= 4 is 11.6 Å². The van der Waals surface area contributed by atoms with Gasteiger partial charge in [0.2, 0.25) is 0 Å². The number of rotatable bonds is 3. The molecule has 0 fully saturated rings. The fourth-order valence-electron chi connectivity index (χ4n) is 2.62. The lowest BCUT2D eigenvalue weighted by Gasteiger charge is -2.12. The van der Waals surface area contributed by atoms with Gasteiger partial charge >= 0.3 is 0 Å². The lowest BCUT2D eigenvalue weighted by molar-refractivity contribution is 0.482. The molecule has 0 saturated carbocycles. The second-order valence-electron chi connectivity index (χ2n) is 5.36. The van der Waals surface area contributed by atoms with Crippen molar-refractivity contribution in [1.29, 1.82) is 0 Å². The first kappa shape index (κ1) is 13.5. The highest BCUT2D eigenvalue weighted by molar-refractivity contribution is 6.32. The summed E-state index contributed by atoms with van der Waals surface area (Å²) in [6.45, 7) is 1.94. The van der Waals surface area contributed by atoms with Gasteiger partial charge in [0.1, 0.15) is 11.5 Å². The summed E-state index contributed by atoms with van der Waals surface area (Å²) >= 11 is 6.26. The molecule has 2 aromatic carbocycles. The van der Waals surface area contributed by atoms with Crippen molar-refractivity contribution < 1.29 is 4.74 Å². The van der Waals surface area contributed by atoms with E-state index in [2.05, 4.69) is 12.1 Å². The van der Waals surface area contributed by atoms with Gasteiger partial charge in [0.05, 0.1) is 5.02 Å². The number of benzene rings is 2. The lowest BCUT2D eigenvalue weighted by atomic mass is 10.1. The highest BCUT2D eigenvalue weighted by Gasteiger charge is 2.12. The molecule has 0 heterocycles. The van der Waals surface area contributed by atoms with Crippen molar-refractivity contribution in [3.63, 3.8) is 0 Å². The van der Waals surface area contributed by atoms with Crippen molar-refractivity contribution in [1.82, 2.24) is 0 Å². The Bertz CT molecular complexity index is 637. The van der Waals surface area contributed by atoms with E-state index in [1.165, 1.54) is 24.0 Å². The quantitative estimate of drug-likeness (QED) is 0.892. The summed E-state index contributed by atoms with van der Waals surface area (Å²) in [6, 6.07) is 12.0. The van der Waals surface area contributed by atoms with Crippen LogP contribution in [0, 0.1) is 0 Å². The summed E-state index contributed by atoms with van der Waals surface area (Å²) < 4.78 is 5.90. The van der Waals surface area contributed by atoms with Gasteiger partial charge in [-0.3, -0.25) is 0 Å². The van der Waals surface area contributed by atoms with Crippen LogP contribution in [0.15, 0.2) is 36.4 Å². The molecule has 1 aliphatic rings. The van der Waals surface area contributed by atoms with E-state index in [9.17, 15) is 0 Å². The van der Waals surface area contributed by atoms with Gasteiger partial charge in [0.15, 0.2) is 0 Å². The normalized spacial score (nSPS) is 14.9. The number of ether oxygens (including phenoxy) is 1. The first-order valence-corrected chi connectivity index (χ1v) is 7.36. The smallest absolute Gasteiger partial charge is 0.146 e. The van der Waals surface area contributed by atoms with Crippen LogP contribution in [0.25, 0.3) is 0 Å². The average molecular weight is 288 g/mol. The van der Waals surface area contributed by atoms with Crippen LogP contribution in [-0.4, -0.2) is 0 Å². The molecule has 0 aliphatic heterocycles. The third kappa shape index (κ3) is 2.67. The third-order valence-corrected chi connectivity index (χ3v) is 4.07. The number of fused-ring (bicyclic) bond motifs is 1. The van der Waals surface area contributed by atoms with E-state index in [1.54, 1.807) is 0 Å². The Labute approximate surface area is 124 Å². The van der Waals surface area contributed by atoms with Gasteiger partial charge in [-0.2, -0.15) is 0 Å². The summed E-state index contributed by atoms with van der Waals surface area (Å²) in [6.07, 6.45) is 3.56. The molecule has 0 aromatic heterocycles. The van der Waals surface area contributed by atoms with Crippen molar-refractivity contribution in [2.75, 3.05) is 0 Å². The van der Waals surface area contributed by atoms with Gasteiger partial charge in [-0.1, -0.05) is 23.7 Å². The van der Waals surface area contributed by atoms with E-state index in [1.807, 2.05) is 31.2 Å². The summed E-state index contributed by atoms with van der Waals surface area (Å²) in [7, 11) is 0. The summed E-state index contributed by atoms with van der Waals surface area (Å²) in [5, 5.41) is 0.597. The zero-order valence-corrected chi connectivity index (χ0v) is 12.3. The van der Waals surface area contributed by atoms with Crippen LogP contribution >= 0.6 is 11.6 Å². The second kappa shape index (κ2) is 5.47. The Morgan fingerprint density at radius 1 is 1.10 bits per heavy atom. The molecule has 0 unspecified atom stereocenters. The van der Waals surface area contributed by atoms with Gasteiger partial charge in [-0.15, -0.1) is 0 Å². The topological polar surface area (TPSA) is 35.2 Å². The zero-order valence-electron chi connectivity index (χ0n) is 11.5. The SMILES string of the molecule is C[C@@H](N)c1ccc(Oc2ccc3c(c2)CCC3)c(Cl)c1. The van der Waals surface area contributed by atoms with E-state index in [-0.39, 0.29) is 6.04 Å². The predicted molar refractivity (Wildman–Crippen MR) is 82.6 cm³/mol. The van der Waals surface area contributed by atoms with Crippen LogP contribution in [0.2, 0.25) is 5.02 Å². The van der Waals surface area contributed by atoms with Crippen molar-refractivity contribution in [2.45, 2.75) is 32.2 Å². The van der Waals surface area contributed by atoms with Crippen molar-refractivity contribution in [2.24, 2.45) is 5.73 Å². The number of halogens is 1. The maximum Gasteiger partial charge on any atom is 0.146 e. The Morgan fingerprint density at radius 2 is 1.90 bits per heavy atom. The molecule has 3 rings (SSSR count). The lowest BCUT2D eigenvalue weighted by Crippen LogP contribution is -2.04. The minimum absolute atomic E-state index is 0.0263. The van der Waals surface area contributed by atoms with Crippen molar-refractivity contribution in [3.05, 3.63) is 58.1 Å². The minimum atomic E-state index is -0.0263. The predicted octanol–water partition coefficient (Wildman–Crippen LogP) is 4.64. The van der Waals surface area contributed by atoms with E-state index in [4.69, 9.17) is 22.1 Å². The van der Waals surface area contributed by atoms with Crippen LogP contribution in [0.5, 0.6) is 11.5 Å². The fourth-order valence-corrected chi connectivity index (χ4v) is 2.85. The van der Waals surface area contributed by atoms with Crippen molar-refractivity contribution in [3.8, 4) is 11.5 Å². The summed E-state index contributed by atoms with van der Waals surface area (Å²) in [5.74, 6) is 1.52. The number of hydrogen-bond acceptors (Lipinski definition) is 2. The highest BCUT2D eigenvalue weighted by Crippen LogP contribution is 2.33. The maximum absolute atomic E-state index is 6.26. The monoisotopic (exact) mass is 287 g/mol. The Kier molecular flexibility index (Phi) is 3.68. The molecular weight excluding hydrogens is 270 g/mol. The second-order valence-corrected chi connectivity index (χ2v) is 5.77. The van der Waals surface area contributed by atoms with Gasteiger partial charge < -0.3 is 10.5 Å². The first-order chi connectivity index (χ1) is 9.63. The molecule has 0 amide bonds. The standard InChI is InChI=1S/C17H18ClNO/c1-11(19)13-6-8-17(16(18)10-13)20-15-7-5-12-3-2-4-14(12)9-15/h5-11H,2-4,19H2,1H3/t11-/m1/s1. The van der Waals surface area contributed by atoms with E-state index >= 15 is 0 Å². The van der Waals surface area contributed by atoms with E-state index < -0.39 is 0 Å². The molecule has 2 nitrogen and oxygen atoms in total. The van der Waals surface area contributed by atoms with E-state index in [0.29, 0.717) is 10.8 Å². The highest BCUT2D eigenvalue weighted by atomic mass is 35.5. The summed E-state index contributed by atoms with van der Waals surface area (Å²) in [4.78, 5) is 0. The first-order valence-electron chi connectivity index (χ1n) is 6.98. The average Bonchev–Trinajstić information content (AvgIpc) is 2.88. The zero-order chi connectivity index (χ0) is 14.1. The molecule has 2 aromatic rings. The number of hydrogen-bond donors (Lipinski definition) is 1. The van der Waals surface area contributed by atoms with Crippen LogP contribution in [0.4, 0.5) is 0 Å².